The van der Waals surface area contributed by atoms with Crippen LogP contribution in [0.2, 0.25) is 26.6 Å². The Morgan fingerprint density at radius 1 is 0.465 bits per heavy atom. The first-order chi connectivity index (χ1) is 20.2. The summed E-state index contributed by atoms with van der Waals surface area (Å²) in [5, 5.41) is -1.26. The van der Waals surface area contributed by atoms with E-state index in [1.807, 2.05) is 11.3 Å². The fourth-order valence-corrected chi connectivity index (χ4v) is 58.8. The van der Waals surface area contributed by atoms with Crippen molar-refractivity contribution >= 4 is 73.6 Å². The summed E-state index contributed by atoms with van der Waals surface area (Å²) in [6, 6.07) is 0. The molecule has 0 N–H and O–H groups in total. The number of rotatable bonds is 24. The van der Waals surface area contributed by atoms with E-state index in [2.05, 4.69) is 41.5 Å². The average molecular weight is 875 g/mol. The predicted molar refractivity (Wildman–Crippen MR) is 198 cm³/mol. The summed E-state index contributed by atoms with van der Waals surface area (Å²) in [5.74, 6) is 0. The predicted octanol–water partition coefficient (Wildman–Crippen LogP) is 10.2. The minimum absolute atomic E-state index is 0.348. The van der Waals surface area contributed by atoms with Gasteiger partial charge in [0.25, 0.3) is 0 Å². The molecule has 1 aromatic rings. The van der Waals surface area contributed by atoms with Crippen molar-refractivity contribution in [1.29, 1.82) is 0 Å². The zero-order chi connectivity index (χ0) is 32.9. The Morgan fingerprint density at radius 2 is 0.674 bits per heavy atom. The third-order valence-corrected chi connectivity index (χ3v) is 53.3. The molecule has 43 heavy (non-hydrogen) atoms. The number of hydrogen-bond donors (Lipinski definition) is 0. The molecule has 0 spiro atoms. The molecule has 1 rings (SSSR count). The molecule has 0 saturated heterocycles. The molecule has 0 unspecified atom stereocenters. The Labute approximate surface area is 281 Å². The van der Waals surface area contributed by atoms with E-state index < -0.39 is 66.9 Å². The van der Waals surface area contributed by atoms with Gasteiger partial charge in [-0.3, -0.25) is 0 Å². The van der Waals surface area contributed by atoms with Gasteiger partial charge in [-0.1, -0.05) is 0 Å². The topological polar surface area (TPSA) is 68.3 Å². The van der Waals surface area contributed by atoms with Crippen LogP contribution < -0.4 is 5.79 Å². The second kappa shape index (κ2) is 19.9. The Balaban J connectivity index is 4.65. The molecule has 4 nitrogen and oxygen atoms in total. The number of sulfone groups is 2. The first kappa shape index (κ1) is 42.2. The molecular formula is C34H68O4S3Sn2. The molecule has 0 aliphatic heterocycles. The summed E-state index contributed by atoms with van der Waals surface area (Å²) in [7, 11) is -7.59. The molecule has 9 heteroatoms. The van der Waals surface area contributed by atoms with Gasteiger partial charge in [0.15, 0.2) is 0 Å². The van der Waals surface area contributed by atoms with Gasteiger partial charge in [-0.2, -0.15) is 0 Å². The van der Waals surface area contributed by atoms with E-state index in [1.165, 1.54) is 0 Å². The van der Waals surface area contributed by atoms with Crippen LogP contribution in [-0.2, 0) is 19.7 Å². The summed E-state index contributed by atoms with van der Waals surface area (Å²) >= 11 is -4.91. The van der Waals surface area contributed by atoms with Gasteiger partial charge in [0, 0.05) is 0 Å². The SMILES string of the molecule is CCC[CH2][Sn]([CH2]CCC)([CH2]CCC)[c]1s[c]([Sn]([CH2]CCC)([CH2]CCC)[CH2]CCC)c(S(=O)(=O)C(C)C)c1S(=O)(=O)C(C)C. The molecule has 0 atom stereocenters. The third kappa shape index (κ3) is 10.6. The van der Waals surface area contributed by atoms with Crippen molar-refractivity contribution in [3.05, 3.63) is 0 Å². The van der Waals surface area contributed by atoms with Crippen LogP contribution in [-0.4, -0.2) is 64.1 Å². The first-order valence-corrected chi connectivity index (χ1v) is 36.8. The summed E-state index contributed by atoms with van der Waals surface area (Å²) in [5.41, 5.74) is 0. The maximum atomic E-state index is 14.7. The quantitative estimate of drug-likeness (QED) is 0.0971. The van der Waals surface area contributed by atoms with E-state index in [-0.39, 0.29) is 0 Å². The summed E-state index contributed by atoms with van der Waals surface area (Å²) in [6.07, 6.45) is 13.4. The van der Waals surface area contributed by atoms with Gasteiger partial charge in [-0.15, -0.1) is 0 Å². The first-order valence-electron chi connectivity index (χ1n) is 17.9. The van der Waals surface area contributed by atoms with Crippen molar-refractivity contribution in [2.45, 2.75) is 193 Å². The third-order valence-electron chi connectivity index (χ3n) is 9.65. The van der Waals surface area contributed by atoms with Gasteiger partial charge in [0.1, 0.15) is 0 Å². The molecule has 0 aromatic carbocycles. The van der Waals surface area contributed by atoms with E-state index in [0.29, 0.717) is 9.79 Å². The molecule has 1 heterocycles. The summed E-state index contributed by atoms with van der Waals surface area (Å²) in [6.45, 7) is 20.6. The van der Waals surface area contributed by atoms with Gasteiger partial charge in [-0.05, 0) is 0 Å². The average Bonchev–Trinajstić information content (AvgIpc) is 3.40. The van der Waals surface area contributed by atoms with E-state index in [0.717, 1.165) is 109 Å². The van der Waals surface area contributed by atoms with Crippen LogP contribution in [0.1, 0.15) is 146 Å². The Kier molecular flexibility index (Phi) is 19.5. The Hall–Kier alpha value is 1.20. The molecule has 0 radical (unpaired) electrons. The number of thiophene rings is 1. The van der Waals surface area contributed by atoms with Crippen LogP contribution in [0, 0.1) is 0 Å². The van der Waals surface area contributed by atoms with Crippen molar-refractivity contribution in [3.63, 3.8) is 0 Å². The van der Waals surface area contributed by atoms with Crippen LogP contribution in [0.15, 0.2) is 9.79 Å². The second-order valence-corrected chi connectivity index (χ2v) is 47.8. The molecule has 0 bridgehead atoms. The van der Waals surface area contributed by atoms with Crippen LogP contribution in [0.25, 0.3) is 0 Å². The van der Waals surface area contributed by atoms with Crippen molar-refractivity contribution < 1.29 is 16.8 Å². The zero-order valence-electron chi connectivity index (χ0n) is 29.7. The van der Waals surface area contributed by atoms with Gasteiger partial charge in [0.2, 0.25) is 0 Å². The van der Waals surface area contributed by atoms with Crippen molar-refractivity contribution in [2.75, 3.05) is 0 Å². The molecule has 0 fully saturated rings. The van der Waals surface area contributed by atoms with E-state index in [9.17, 15) is 16.8 Å². The van der Waals surface area contributed by atoms with Crippen LogP contribution >= 0.6 is 11.3 Å². The Morgan fingerprint density at radius 3 is 0.837 bits per heavy atom. The fraction of sp³-hybridized carbons (Fsp3) is 0.882. The standard InChI is InChI=1S/C10H14O4S3.6C4H9.2Sn/c1-7(2)16(11,12)9-5-15-6-10(9)17(13,14)8(3)4;6*1-3-4-2;;/h7-8H,1-4H3;6*1,3-4H2,2H3;;. The van der Waals surface area contributed by atoms with Crippen molar-refractivity contribution in [1.82, 2.24) is 0 Å². The summed E-state index contributed by atoms with van der Waals surface area (Å²) in [4.78, 5) is 0.696. The molecule has 0 amide bonds. The molecule has 0 aliphatic carbocycles. The Bertz CT molecular complexity index is 1020. The molecule has 254 valence electrons. The zero-order valence-corrected chi connectivity index (χ0v) is 37.9. The van der Waals surface area contributed by atoms with Crippen molar-refractivity contribution in [3.8, 4) is 0 Å². The molecular weight excluding hydrogens is 806 g/mol. The van der Waals surface area contributed by atoms with Gasteiger partial charge < -0.3 is 0 Å². The monoisotopic (exact) mass is 876 g/mol. The van der Waals surface area contributed by atoms with E-state index >= 15 is 0 Å². The fourth-order valence-electron chi connectivity index (χ4n) is 6.61. The normalized spacial score (nSPS) is 13.5. The molecule has 1 aromatic heterocycles. The van der Waals surface area contributed by atoms with Crippen LogP contribution in [0.5, 0.6) is 0 Å². The van der Waals surface area contributed by atoms with Gasteiger partial charge >= 0.3 is 284 Å². The number of hydrogen-bond acceptors (Lipinski definition) is 5. The minimum atomic E-state index is -3.80. The maximum absolute atomic E-state index is 14.7. The second-order valence-electron chi connectivity index (χ2n) is 13.8. The van der Waals surface area contributed by atoms with E-state index in [4.69, 9.17) is 0 Å². The van der Waals surface area contributed by atoms with Crippen LogP contribution in [0.3, 0.4) is 0 Å². The summed E-state index contributed by atoms with van der Waals surface area (Å²) < 4.78 is 68.0. The molecule has 0 aliphatic rings. The van der Waals surface area contributed by atoms with E-state index in [1.54, 1.807) is 27.7 Å². The van der Waals surface area contributed by atoms with Gasteiger partial charge in [0.05, 0.1) is 0 Å². The van der Waals surface area contributed by atoms with Crippen LogP contribution in [0.4, 0.5) is 0 Å². The van der Waals surface area contributed by atoms with Gasteiger partial charge in [-0.25, -0.2) is 0 Å². The molecule has 0 saturated carbocycles. The van der Waals surface area contributed by atoms with Crippen molar-refractivity contribution in [2.24, 2.45) is 0 Å². The number of unbranched alkanes of at least 4 members (excludes halogenated alkanes) is 6.